The summed E-state index contributed by atoms with van der Waals surface area (Å²) in [5.41, 5.74) is 2.07. The van der Waals surface area contributed by atoms with Crippen molar-refractivity contribution in [1.29, 1.82) is 5.26 Å². The highest BCUT2D eigenvalue weighted by Gasteiger charge is 2.22. The second-order valence-corrected chi connectivity index (χ2v) is 6.26. The van der Waals surface area contributed by atoms with E-state index in [1.165, 1.54) is 0 Å². The van der Waals surface area contributed by atoms with E-state index in [1.807, 2.05) is 31.0 Å². The number of methoxy groups -OCH3 is 3. The van der Waals surface area contributed by atoms with Crippen LogP contribution in [-0.4, -0.2) is 45.2 Å². The average Bonchev–Trinajstić information content (AvgIpc) is 2.72. The van der Waals surface area contributed by atoms with Gasteiger partial charge < -0.3 is 19.5 Å². The normalized spacial score (nSPS) is 11.5. The maximum absolute atomic E-state index is 12.6. The number of anilines is 1. The van der Waals surface area contributed by atoms with Crippen LogP contribution in [0.1, 0.15) is 18.1 Å². The molecule has 1 amide bonds. The van der Waals surface area contributed by atoms with E-state index >= 15 is 0 Å². The summed E-state index contributed by atoms with van der Waals surface area (Å²) < 4.78 is 16.2. The summed E-state index contributed by atoms with van der Waals surface area (Å²) in [4.78, 5) is 14.5. The number of nitrogens with zero attached hydrogens (tertiary/aromatic N) is 2. The van der Waals surface area contributed by atoms with Gasteiger partial charge in [0.2, 0.25) is 11.7 Å². The molecule has 0 aliphatic rings. The fraction of sp³-hybridized carbons (Fsp3) is 0.333. The van der Waals surface area contributed by atoms with Crippen molar-refractivity contribution < 1.29 is 19.0 Å². The van der Waals surface area contributed by atoms with Gasteiger partial charge in [-0.25, -0.2) is 0 Å². The predicted octanol–water partition coefficient (Wildman–Crippen LogP) is 3.04. The molecule has 0 aromatic heterocycles. The van der Waals surface area contributed by atoms with Gasteiger partial charge in [-0.15, -0.1) is 0 Å². The van der Waals surface area contributed by atoms with Crippen molar-refractivity contribution >= 4 is 11.6 Å². The predicted molar refractivity (Wildman–Crippen MR) is 107 cm³/mol. The van der Waals surface area contributed by atoms with Crippen molar-refractivity contribution in [3.8, 4) is 23.3 Å². The number of ether oxygens (including phenoxy) is 3. The molecular formula is C21H25N3O4. The van der Waals surface area contributed by atoms with E-state index in [0.717, 1.165) is 5.56 Å². The second-order valence-electron chi connectivity index (χ2n) is 6.26. The molecule has 0 heterocycles. The van der Waals surface area contributed by atoms with Crippen LogP contribution in [0.15, 0.2) is 36.4 Å². The lowest BCUT2D eigenvalue weighted by molar-refractivity contribution is -0.120. The molecule has 0 fully saturated rings. The van der Waals surface area contributed by atoms with Crippen molar-refractivity contribution in [2.75, 3.05) is 33.7 Å². The fourth-order valence-corrected chi connectivity index (χ4v) is 2.77. The van der Waals surface area contributed by atoms with E-state index in [4.69, 9.17) is 19.5 Å². The highest BCUT2D eigenvalue weighted by atomic mass is 16.5. The zero-order valence-corrected chi connectivity index (χ0v) is 16.8. The smallest absolute Gasteiger partial charge is 0.241 e. The maximum Gasteiger partial charge on any atom is 0.241 e. The summed E-state index contributed by atoms with van der Waals surface area (Å²) in [6.45, 7) is 2.30. The number of carbonyl (C=O) groups is 1. The molecule has 2 rings (SSSR count). The van der Waals surface area contributed by atoms with E-state index in [0.29, 0.717) is 35.0 Å². The molecule has 0 radical (unpaired) electrons. The fourth-order valence-electron chi connectivity index (χ4n) is 2.77. The highest BCUT2D eigenvalue weighted by molar-refractivity contribution is 5.94. The van der Waals surface area contributed by atoms with E-state index < -0.39 is 6.04 Å². The van der Waals surface area contributed by atoms with Crippen LogP contribution in [0.3, 0.4) is 0 Å². The molecule has 2 aromatic carbocycles. The minimum absolute atomic E-state index is 0.147. The molecule has 0 bridgehead atoms. The molecule has 0 aliphatic heterocycles. The number of rotatable bonds is 8. The van der Waals surface area contributed by atoms with Gasteiger partial charge in [0.25, 0.3) is 0 Å². The third kappa shape index (κ3) is 4.72. The van der Waals surface area contributed by atoms with Gasteiger partial charge in [0.05, 0.1) is 39.0 Å². The van der Waals surface area contributed by atoms with Crippen LogP contribution in [0.2, 0.25) is 0 Å². The van der Waals surface area contributed by atoms with Crippen LogP contribution in [0, 0.1) is 11.3 Å². The van der Waals surface area contributed by atoms with E-state index in [9.17, 15) is 4.79 Å². The SMILES string of the molecule is COc1ccc(CN(C)[C@H](C)C(=O)Nc2ccc(C#N)cc2)c(OC)c1OC. The number of amides is 1. The Morgan fingerprint density at radius 1 is 1.07 bits per heavy atom. The van der Waals surface area contributed by atoms with E-state index in [2.05, 4.69) is 11.4 Å². The summed E-state index contributed by atoms with van der Waals surface area (Å²) >= 11 is 0. The summed E-state index contributed by atoms with van der Waals surface area (Å²) in [5.74, 6) is 1.53. The Balaban J connectivity index is 2.11. The molecular weight excluding hydrogens is 358 g/mol. The molecule has 0 aliphatic carbocycles. The molecule has 0 spiro atoms. The number of hydrogen-bond donors (Lipinski definition) is 1. The second kappa shape index (κ2) is 9.62. The quantitative estimate of drug-likeness (QED) is 0.754. The summed E-state index contributed by atoms with van der Waals surface area (Å²) in [6.07, 6.45) is 0. The van der Waals surface area contributed by atoms with Crippen LogP contribution in [0.25, 0.3) is 0 Å². The Kier molecular flexibility index (Phi) is 7.24. The van der Waals surface area contributed by atoms with Crippen molar-refractivity contribution in [3.63, 3.8) is 0 Å². The first-order chi connectivity index (χ1) is 13.4. The number of nitrogens with one attached hydrogen (secondary N) is 1. The van der Waals surface area contributed by atoms with Crippen LogP contribution in [0.4, 0.5) is 5.69 Å². The molecule has 2 aromatic rings. The standard InChI is InChI=1S/C21H25N3O4/c1-14(21(25)23-17-9-6-15(12-22)7-10-17)24(2)13-16-8-11-18(26-3)20(28-5)19(16)27-4/h6-11,14H,13H2,1-5H3,(H,23,25)/t14-/m1/s1. The molecule has 28 heavy (non-hydrogen) atoms. The lowest BCUT2D eigenvalue weighted by Crippen LogP contribution is -2.39. The summed E-state index contributed by atoms with van der Waals surface area (Å²) in [6, 6.07) is 12.1. The van der Waals surface area contributed by atoms with Gasteiger partial charge in [-0.2, -0.15) is 5.26 Å². The van der Waals surface area contributed by atoms with Crippen molar-refractivity contribution in [1.82, 2.24) is 4.90 Å². The Bertz CT molecular complexity index is 859. The van der Waals surface area contributed by atoms with Gasteiger partial charge in [0.15, 0.2) is 11.5 Å². The number of hydrogen-bond acceptors (Lipinski definition) is 6. The Hall–Kier alpha value is -3.24. The van der Waals surface area contributed by atoms with E-state index in [1.54, 1.807) is 45.6 Å². The molecule has 148 valence electrons. The van der Waals surface area contributed by atoms with Gasteiger partial charge in [0, 0.05) is 17.8 Å². The van der Waals surface area contributed by atoms with Crippen molar-refractivity contribution in [3.05, 3.63) is 47.5 Å². The number of benzene rings is 2. The number of nitriles is 1. The van der Waals surface area contributed by atoms with E-state index in [-0.39, 0.29) is 5.91 Å². The van der Waals surface area contributed by atoms with Crippen LogP contribution >= 0.6 is 0 Å². The highest BCUT2D eigenvalue weighted by Crippen LogP contribution is 2.40. The average molecular weight is 383 g/mol. The number of carbonyl (C=O) groups excluding carboxylic acids is 1. The third-order valence-electron chi connectivity index (χ3n) is 4.53. The molecule has 7 heteroatoms. The van der Waals surface area contributed by atoms with Gasteiger partial charge in [-0.3, -0.25) is 9.69 Å². The molecule has 0 saturated heterocycles. The Labute approximate surface area is 165 Å². The summed E-state index contributed by atoms with van der Waals surface area (Å²) in [7, 11) is 6.56. The van der Waals surface area contributed by atoms with Gasteiger partial charge in [-0.05, 0) is 44.3 Å². The minimum Gasteiger partial charge on any atom is -0.493 e. The van der Waals surface area contributed by atoms with Gasteiger partial charge in [0.1, 0.15) is 0 Å². The first kappa shape index (κ1) is 21.1. The maximum atomic E-state index is 12.6. The first-order valence-electron chi connectivity index (χ1n) is 8.74. The monoisotopic (exact) mass is 383 g/mol. The summed E-state index contributed by atoms with van der Waals surface area (Å²) in [5, 5.41) is 11.7. The van der Waals surface area contributed by atoms with Crippen LogP contribution < -0.4 is 19.5 Å². The Morgan fingerprint density at radius 2 is 1.71 bits per heavy atom. The zero-order chi connectivity index (χ0) is 20.7. The van der Waals surface area contributed by atoms with Gasteiger partial charge >= 0.3 is 0 Å². The van der Waals surface area contributed by atoms with Gasteiger partial charge in [-0.1, -0.05) is 6.07 Å². The van der Waals surface area contributed by atoms with Crippen LogP contribution in [-0.2, 0) is 11.3 Å². The lowest BCUT2D eigenvalue weighted by atomic mass is 10.1. The largest absolute Gasteiger partial charge is 0.493 e. The van der Waals surface area contributed by atoms with Crippen molar-refractivity contribution in [2.45, 2.75) is 19.5 Å². The lowest BCUT2D eigenvalue weighted by Gasteiger charge is -2.25. The third-order valence-corrected chi connectivity index (χ3v) is 4.53. The van der Waals surface area contributed by atoms with Crippen molar-refractivity contribution in [2.24, 2.45) is 0 Å². The zero-order valence-electron chi connectivity index (χ0n) is 16.8. The topological polar surface area (TPSA) is 83.8 Å². The first-order valence-corrected chi connectivity index (χ1v) is 8.74. The molecule has 1 N–H and O–H groups in total. The number of likely N-dealkylation sites (N-methyl/N-ethyl adjacent to an activating group) is 1. The molecule has 1 atom stereocenters. The Morgan fingerprint density at radius 3 is 2.25 bits per heavy atom. The molecule has 7 nitrogen and oxygen atoms in total. The molecule has 0 saturated carbocycles. The molecule has 0 unspecified atom stereocenters. The van der Waals surface area contributed by atoms with Crippen LogP contribution in [0.5, 0.6) is 17.2 Å². The minimum atomic E-state index is -0.395.